The third-order valence-electron chi connectivity index (χ3n) is 1.75. The largest absolute Gasteiger partial charge is 0.264 e. The monoisotopic (exact) mass is 243 g/mol. The molecule has 0 saturated carbocycles. The van der Waals surface area contributed by atoms with Crippen molar-refractivity contribution in [2.45, 2.75) is 4.90 Å². The van der Waals surface area contributed by atoms with E-state index in [9.17, 15) is 8.42 Å². The molecule has 0 N–H and O–H groups in total. The SMILES string of the molecule is O=S(=O)(Cl)c1cnn(-c2cccnc2)c1. The van der Waals surface area contributed by atoms with Crippen molar-refractivity contribution >= 4 is 19.7 Å². The molecule has 2 aromatic heterocycles. The molecule has 0 aromatic carbocycles. The van der Waals surface area contributed by atoms with Crippen LogP contribution in [0.5, 0.6) is 0 Å². The Morgan fingerprint density at radius 2 is 2.13 bits per heavy atom. The molecular weight excluding hydrogens is 238 g/mol. The summed E-state index contributed by atoms with van der Waals surface area (Å²) >= 11 is 0. The summed E-state index contributed by atoms with van der Waals surface area (Å²) in [4.78, 5) is 3.85. The van der Waals surface area contributed by atoms with E-state index in [1.807, 2.05) is 0 Å². The normalized spacial score (nSPS) is 11.5. The fourth-order valence-electron chi connectivity index (χ4n) is 1.06. The number of aromatic nitrogens is 3. The lowest BCUT2D eigenvalue weighted by Gasteiger charge is -1.97. The summed E-state index contributed by atoms with van der Waals surface area (Å²) in [5, 5.41) is 3.87. The average Bonchev–Trinajstić information content (AvgIpc) is 2.67. The van der Waals surface area contributed by atoms with Crippen LogP contribution in [0.2, 0.25) is 0 Å². The molecule has 7 heteroatoms. The van der Waals surface area contributed by atoms with Crippen molar-refractivity contribution in [3.63, 3.8) is 0 Å². The smallest absolute Gasteiger partial charge is 0.262 e. The molecule has 5 nitrogen and oxygen atoms in total. The zero-order chi connectivity index (χ0) is 10.9. The highest BCUT2D eigenvalue weighted by Crippen LogP contribution is 2.15. The minimum atomic E-state index is -3.72. The van der Waals surface area contributed by atoms with Gasteiger partial charge in [0.15, 0.2) is 0 Å². The predicted octanol–water partition coefficient (Wildman–Crippen LogP) is 1.19. The van der Waals surface area contributed by atoms with Gasteiger partial charge in [-0.05, 0) is 12.1 Å². The van der Waals surface area contributed by atoms with Gasteiger partial charge in [0, 0.05) is 16.9 Å². The highest BCUT2D eigenvalue weighted by molar-refractivity contribution is 8.13. The van der Waals surface area contributed by atoms with Gasteiger partial charge < -0.3 is 0 Å². The Bertz CT molecular complexity index is 565. The van der Waals surface area contributed by atoms with Crippen LogP contribution in [-0.4, -0.2) is 23.2 Å². The number of nitrogens with zero attached hydrogens (tertiary/aromatic N) is 3. The molecule has 0 unspecified atom stereocenters. The summed E-state index contributed by atoms with van der Waals surface area (Å²) in [7, 11) is 1.44. The Labute approximate surface area is 90.7 Å². The average molecular weight is 244 g/mol. The standard InChI is InChI=1S/C8H6ClN3O2S/c9-15(13,14)8-5-11-12(6-8)7-2-1-3-10-4-7/h1-6H. The Morgan fingerprint density at radius 1 is 1.33 bits per heavy atom. The molecule has 0 aliphatic carbocycles. The number of rotatable bonds is 2. The molecule has 0 aliphatic rings. The van der Waals surface area contributed by atoms with E-state index in [2.05, 4.69) is 10.1 Å². The fraction of sp³-hybridized carbons (Fsp3) is 0. The second-order valence-electron chi connectivity index (χ2n) is 2.77. The fourth-order valence-corrected chi connectivity index (χ4v) is 1.70. The highest BCUT2D eigenvalue weighted by Gasteiger charge is 2.12. The molecule has 0 aliphatic heterocycles. The van der Waals surface area contributed by atoms with Crippen LogP contribution < -0.4 is 0 Å². The van der Waals surface area contributed by atoms with Crippen molar-refractivity contribution in [2.24, 2.45) is 0 Å². The summed E-state index contributed by atoms with van der Waals surface area (Å²) in [6.07, 6.45) is 5.71. The van der Waals surface area contributed by atoms with Gasteiger partial charge in [0.2, 0.25) is 0 Å². The first kappa shape index (κ1) is 10.1. The van der Waals surface area contributed by atoms with Crippen molar-refractivity contribution in [1.29, 1.82) is 0 Å². The van der Waals surface area contributed by atoms with Gasteiger partial charge in [-0.2, -0.15) is 5.10 Å². The van der Waals surface area contributed by atoms with E-state index in [0.29, 0.717) is 5.69 Å². The molecule has 0 bridgehead atoms. The topological polar surface area (TPSA) is 64.8 Å². The van der Waals surface area contributed by atoms with E-state index in [0.717, 1.165) is 0 Å². The highest BCUT2D eigenvalue weighted by atomic mass is 35.7. The first-order chi connectivity index (χ1) is 7.07. The number of halogens is 1. The van der Waals surface area contributed by atoms with Crippen LogP contribution >= 0.6 is 10.7 Å². The summed E-state index contributed by atoms with van der Waals surface area (Å²) in [6.45, 7) is 0. The third-order valence-corrected chi connectivity index (χ3v) is 3.06. The molecule has 0 spiro atoms. The molecular formula is C8H6ClN3O2S. The lowest BCUT2D eigenvalue weighted by Crippen LogP contribution is -1.94. The summed E-state index contributed by atoms with van der Waals surface area (Å²) < 4.78 is 23.3. The van der Waals surface area contributed by atoms with Crippen molar-refractivity contribution < 1.29 is 8.42 Å². The van der Waals surface area contributed by atoms with Crippen molar-refractivity contribution in [1.82, 2.24) is 14.8 Å². The predicted molar refractivity (Wildman–Crippen MR) is 54.4 cm³/mol. The minimum Gasteiger partial charge on any atom is -0.262 e. The lowest BCUT2D eigenvalue weighted by atomic mass is 10.4. The lowest BCUT2D eigenvalue weighted by molar-refractivity contribution is 0.609. The van der Waals surface area contributed by atoms with Crippen molar-refractivity contribution in [3.05, 3.63) is 36.9 Å². The van der Waals surface area contributed by atoms with Crippen molar-refractivity contribution in [2.75, 3.05) is 0 Å². The zero-order valence-electron chi connectivity index (χ0n) is 7.41. The Balaban J connectivity index is 2.46. The van der Waals surface area contributed by atoms with Crippen LogP contribution in [0.3, 0.4) is 0 Å². The summed E-state index contributed by atoms with van der Waals surface area (Å²) in [5.74, 6) is 0. The molecule has 2 aromatic rings. The number of hydrogen-bond acceptors (Lipinski definition) is 4. The van der Waals surface area contributed by atoms with E-state index in [-0.39, 0.29) is 4.90 Å². The Hall–Kier alpha value is -1.40. The summed E-state index contributed by atoms with van der Waals surface area (Å²) in [6, 6.07) is 3.48. The van der Waals surface area contributed by atoms with Crippen LogP contribution in [-0.2, 0) is 9.05 Å². The first-order valence-corrected chi connectivity index (χ1v) is 6.28. The molecule has 0 fully saturated rings. The molecule has 2 rings (SSSR count). The summed E-state index contributed by atoms with van der Waals surface area (Å²) in [5.41, 5.74) is 0.670. The van der Waals surface area contributed by atoms with Gasteiger partial charge in [-0.3, -0.25) is 4.98 Å². The van der Waals surface area contributed by atoms with Crippen LogP contribution in [0.1, 0.15) is 0 Å². The molecule has 15 heavy (non-hydrogen) atoms. The Kier molecular flexibility index (Phi) is 2.45. The molecule has 0 amide bonds. The van der Waals surface area contributed by atoms with Gasteiger partial charge in [-0.25, -0.2) is 13.1 Å². The van der Waals surface area contributed by atoms with Gasteiger partial charge in [0.05, 0.1) is 24.3 Å². The maximum Gasteiger partial charge on any atom is 0.264 e. The van der Waals surface area contributed by atoms with Crippen molar-refractivity contribution in [3.8, 4) is 5.69 Å². The third kappa shape index (κ3) is 2.16. The molecule has 0 radical (unpaired) electrons. The van der Waals surface area contributed by atoms with E-state index in [1.165, 1.54) is 17.1 Å². The number of hydrogen-bond donors (Lipinski definition) is 0. The number of pyridine rings is 1. The van der Waals surface area contributed by atoms with Crippen LogP contribution in [0.25, 0.3) is 5.69 Å². The molecule has 2 heterocycles. The molecule has 0 atom stereocenters. The quantitative estimate of drug-likeness (QED) is 0.744. The molecule has 0 saturated heterocycles. The zero-order valence-corrected chi connectivity index (χ0v) is 8.98. The minimum absolute atomic E-state index is 0.0342. The van der Waals surface area contributed by atoms with E-state index < -0.39 is 9.05 Å². The van der Waals surface area contributed by atoms with E-state index in [1.54, 1.807) is 24.5 Å². The van der Waals surface area contributed by atoms with Gasteiger partial charge in [-0.15, -0.1) is 0 Å². The second-order valence-corrected chi connectivity index (χ2v) is 5.34. The van der Waals surface area contributed by atoms with E-state index >= 15 is 0 Å². The van der Waals surface area contributed by atoms with Gasteiger partial charge in [-0.1, -0.05) is 0 Å². The van der Waals surface area contributed by atoms with Crippen LogP contribution in [0.15, 0.2) is 41.8 Å². The van der Waals surface area contributed by atoms with Gasteiger partial charge >= 0.3 is 0 Å². The molecule has 78 valence electrons. The Morgan fingerprint density at radius 3 is 2.67 bits per heavy atom. The maximum atomic E-state index is 11.0. The van der Waals surface area contributed by atoms with Gasteiger partial charge in [0.1, 0.15) is 4.90 Å². The maximum absolute atomic E-state index is 11.0. The second kappa shape index (κ2) is 3.63. The van der Waals surface area contributed by atoms with Crippen LogP contribution in [0.4, 0.5) is 0 Å². The van der Waals surface area contributed by atoms with E-state index in [4.69, 9.17) is 10.7 Å². The van der Waals surface area contributed by atoms with Crippen LogP contribution in [0, 0.1) is 0 Å². The van der Waals surface area contributed by atoms with Gasteiger partial charge in [0.25, 0.3) is 9.05 Å². The first-order valence-electron chi connectivity index (χ1n) is 3.97.